The van der Waals surface area contributed by atoms with Crippen LogP contribution in [0.3, 0.4) is 0 Å². The molecule has 0 bridgehead atoms. The van der Waals surface area contributed by atoms with E-state index in [1.54, 1.807) is 48.5 Å². The van der Waals surface area contributed by atoms with Crippen LogP contribution < -0.4 is 14.4 Å². The van der Waals surface area contributed by atoms with E-state index in [4.69, 9.17) is 9.47 Å². The summed E-state index contributed by atoms with van der Waals surface area (Å²) in [7, 11) is 1.47. The van der Waals surface area contributed by atoms with Gasteiger partial charge in [0.25, 0.3) is 11.7 Å². The molecule has 184 valence electrons. The van der Waals surface area contributed by atoms with Crippen LogP contribution in [0.25, 0.3) is 5.76 Å². The number of carbonyl (C=O) groups is 3. The lowest BCUT2D eigenvalue weighted by Gasteiger charge is -2.26. The maximum absolute atomic E-state index is 13.4. The van der Waals surface area contributed by atoms with Gasteiger partial charge in [-0.15, -0.1) is 0 Å². The molecule has 4 rings (SSSR count). The highest BCUT2D eigenvalue weighted by atomic mass is 16.5. The second kappa shape index (κ2) is 10.1. The summed E-state index contributed by atoms with van der Waals surface area (Å²) in [4.78, 5) is 39.5. The third kappa shape index (κ3) is 4.60. The second-order valence-electron chi connectivity index (χ2n) is 8.56. The van der Waals surface area contributed by atoms with Crippen LogP contribution in [0.5, 0.6) is 11.5 Å². The Labute approximate surface area is 209 Å². The number of hydrogen-bond donors (Lipinski definition) is 1. The fraction of sp³-hybridized carbons (Fsp3) is 0.207. The summed E-state index contributed by atoms with van der Waals surface area (Å²) in [6.45, 7) is 5.19. The summed E-state index contributed by atoms with van der Waals surface area (Å²) in [5, 5.41) is 11.4. The molecule has 0 aromatic heterocycles. The quantitative estimate of drug-likeness (QED) is 0.171. The largest absolute Gasteiger partial charge is 0.507 e. The number of methoxy groups -OCH3 is 1. The topological polar surface area (TPSA) is 93.1 Å². The van der Waals surface area contributed by atoms with E-state index in [1.165, 1.54) is 18.9 Å². The van der Waals surface area contributed by atoms with Crippen LogP contribution in [0.2, 0.25) is 0 Å². The molecule has 0 spiro atoms. The van der Waals surface area contributed by atoms with Gasteiger partial charge in [0.05, 0.1) is 24.3 Å². The van der Waals surface area contributed by atoms with Crippen molar-refractivity contribution >= 4 is 29.1 Å². The predicted octanol–water partition coefficient (Wildman–Crippen LogP) is 5.12. The molecule has 3 aromatic rings. The van der Waals surface area contributed by atoms with Crippen LogP contribution in [-0.4, -0.2) is 29.9 Å². The van der Waals surface area contributed by atoms with E-state index in [1.807, 2.05) is 32.0 Å². The normalized spacial score (nSPS) is 16.8. The average molecular weight is 486 g/mol. The summed E-state index contributed by atoms with van der Waals surface area (Å²) in [6, 6.07) is 18.2. The zero-order valence-electron chi connectivity index (χ0n) is 20.6. The zero-order valence-corrected chi connectivity index (χ0v) is 20.6. The van der Waals surface area contributed by atoms with Gasteiger partial charge in [0, 0.05) is 12.6 Å². The maximum atomic E-state index is 13.4. The van der Waals surface area contributed by atoms with E-state index in [9.17, 15) is 19.5 Å². The fourth-order valence-corrected chi connectivity index (χ4v) is 4.34. The van der Waals surface area contributed by atoms with Gasteiger partial charge >= 0.3 is 5.97 Å². The first-order valence-corrected chi connectivity index (χ1v) is 11.6. The molecule has 0 aliphatic carbocycles. The molecule has 0 saturated carbocycles. The molecule has 1 amide bonds. The van der Waals surface area contributed by atoms with Crippen molar-refractivity contribution < 1.29 is 29.0 Å². The van der Waals surface area contributed by atoms with Crippen LogP contribution >= 0.6 is 0 Å². The molecule has 3 aromatic carbocycles. The number of amides is 1. The highest BCUT2D eigenvalue weighted by Crippen LogP contribution is 2.43. The minimum atomic E-state index is -0.908. The van der Waals surface area contributed by atoms with Crippen molar-refractivity contribution in [3.8, 4) is 11.5 Å². The predicted molar refractivity (Wildman–Crippen MR) is 136 cm³/mol. The van der Waals surface area contributed by atoms with Crippen molar-refractivity contribution in [1.29, 1.82) is 0 Å². The number of Topliss-reactive ketones (excluding diaryl/α,β-unsaturated/α-hetero) is 1. The molecule has 1 heterocycles. The molecule has 0 radical (unpaired) electrons. The summed E-state index contributed by atoms with van der Waals surface area (Å²) in [5.41, 5.74) is 3.30. The first-order valence-electron chi connectivity index (χ1n) is 11.6. The number of esters is 1. The van der Waals surface area contributed by atoms with E-state index in [0.29, 0.717) is 28.3 Å². The average Bonchev–Trinajstić information content (AvgIpc) is 3.14. The van der Waals surface area contributed by atoms with Crippen molar-refractivity contribution in [2.75, 3.05) is 12.0 Å². The number of nitrogens with zero attached hydrogens (tertiary/aromatic N) is 1. The third-order valence-electron chi connectivity index (χ3n) is 6.13. The number of anilines is 1. The lowest BCUT2D eigenvalue weighted by molar-refractivity contribution is -0.132. The van der Waals surface area contributed by atoms with Gasteiger partial charge in [0.2, 0.25) is 0 Å². The van der Waals surface area contributed by atoms with Crippen molar-refractivity contribution in [3.05, 3.63) is 94.6 Å². The number of carbonyl (C=O) groups excluding carboxylic acids is 3. The molecule has 1 fully saturated rings. The minimum absolute atomic E-state index is 0.0521. The van der Waals surface area contributed by atoms with Gasteiger partial charge in [-0.05, 0) is 60.9 Å². The van der Waals surface area contributed by atoms with Gasteiger partial charge in [0.15, 0.2) is 0 Å². The van der Waals surface area contributed by atoms with Crippen LogP contribution in [-0.2, 0) is 20.8 Å². The van der Waals surface area contributed by atoms with Crippen molar-refractivity contribution in [2.24, 2.45) is 0 Å². The van der Waals surface area contributed by atoms with Crippen molar-refractivity contribution in [3.63, 3.8) is 0 Å². The Balaban J connectivity index is 1.93. The number of ketones is 1. The molecule has 7 nitrogen and oxygen atoms in total. The summed E-state index contributed by atoms with van der Waals surface area (Å²) >= 11 is 0. The monoisotopic (exact) mass is 485 g/mol. The van der Waals surface area contributed by atoms with Gasteiger partial charge in [-0.1, -0.05) is 42.8 Å². The molecule has 1 atom stereocenters. The molecule has 1 aliphatic heterocycles. The van der Waals surface area contributed by atoms with Gasteiger partial charge in [-0.2, -0.15) is 0 Å². The van der Waals surface area contributed by atoms with Crippen molar-refractivity contribution in [2.45, 2.75) is 33.2 Å². The SMILES string of the molecule is CCc1ccc(N2C(=O)C(=O)/C(=C(/O)c3cc(C)ccc3OC)C2c2ccc(OC(C)=O)cc2)cc1. The van der Waals surface area contributed by atoms with Crippen LogP contribution in [0, 0.1) is 6.92 Å². The Bertz CT molecular complexity index is 1360. The Morgan fingerprint density at radius 1 is 1.00 bits per heavy atom. The first kappa shape index (κ1) is 24.7. The number of aliphatic hydroxyl groups excluding tert-OH is 1. The molecule has 1 saturated heterocycles. The zero-order chi connectivity index (χ0) is 26.0. The lowest BCUT2D eigenvalue weighted by Crippen LogP contribution is -2.29. The molecule has 1 aliphatic rings. The number of benzene rings is 3. The second-order valence-corrected chi connectivity index (χ2v) is 8.56. The maximum Gasteiger partial charge on any atom is 0.308 e. The van der Waals surface area contributed by atoms with E-state index >= 15 is 0 Å². The highest BCUT2D eigenvalue weighted by molar-refractivity contribution is 6.51. The number of aryl methyl sites for hydroxylation is 2. The van der Waals surface area contributed by atoms with Crippen LogP contribution in [0.4, 0.5) is 5.69 Å². The van der Waals surface area contributed by atoms with Crippen molar-refractivity contribution in [1.82, 2.24) is 0 Å². The first-order chi connectivity index (χ1) is 17.2. The van der Waals surface area contributed by atoms with E-state index in [-0.39, 0.29) is 11.3 Å². The van der Waals surface area contributed by atoms with Gasteiger partial charge in [0.1, 0.15) is 17.3 Å². The van der Waals surface area contributed by atoms with E-state index < -0.39 is 23.7 Å². The number of rotatable bonds is 6. The Kier molecular flexibility index (Phi) is 6.92. The number of ether oxygens (including phenoxy) is 2. The standard InChI is InChI=1S/C29H27NO6/c1-5-19-7-11-21(12-8-19)30-26(20-9-13-22(14-10-20)36-18(3)31)25(28(33)29(30)34)27(32)23-16-17(2)6-15-24(23)35-4/h6-16,26,32H,5H2,1-4H3/b27-25+. The lowest BCUT2D eigenvalue weighted by atomic mass is 9.94. The molecule has 1 unspecified atom stereocenters. The van der Waals surface area contributed by atoms with Gasteiger partial charge in [-0.3, -0.25) is 19.3 Å². The Hall–Kier alpha value is -4.39. The Morgan fingerprint density at radius 2 is 1.67 bits per heavy atom. The van der Waals surface area contributed by atoms with E-state index in [0.717, 1.165) is 17.5 Å². The molecular formula is C29H27NO6. The summed E-state index contributed by atoms with van der Waals surface area (Å²) in [5.74, 6) is -1.63. The molecule has 1 N–H and O–H groups in total. The van der Waals surface area contributed by atoms with Gasteiger partial charge in [-0.25, -0.2) is 0 Å². The van der Waals surface area contributed by atoms with Gasteiger partial charge < -0.3 is 14.6 Å². The Morgan fingerprint density at radius 3 is 2.25 bits per heavy atom. The number of hydrogen-bond acceptors (Lipinski definition) is 6. The number of aliphatic hydroxyl groups is 1. The minimum Gasteiger partial charge on any atom is -0.507 e. The molecule has 36 heavy (non-hydrogen) atoms. The summed E-state index contributed by atoms with van der Waals surface area (Å²) < 4.78 is 10.6. The highest BCUT2D eigenvalue weighted by Gasteiger charge is 2.47. The smallest absolute Gasteiger partial charge is 0.308 e. The third-order valence-corrected chi connectivity index (χ3v) is 6.13. The fourth-order valence-electron chi connectivity index (χ4n) is 4.34. The molecular weight excluding hydrogens is 458 g/mol. The molecule has 7 heteroatoms. The van der Waals surface area contributed by atoms with Crippen LogP contribution in [0.15, 0.2) is 72.3 Å². The van der Waals surface area contributed by atoms with E-state index in [2.05, 4.69) is 0 Å². The summed E-state index contributed by atoms with van der Waals surface area (Å²) in [6.07, 6.45) is 0.827. The van der Waals surface area contributed by atoms with Crippen LogP contribution in [0.1, 0.15) is 42.1 Å².